The van der Waals surface area contributed by atoms with E-state index in [1.165, 1.54) is 0 Å². The van der Waals surface area contributed by atoms with E-state index in [9.17, 15) is 0 Å². The highest BCUT2D eigenvalue weighted by atomic mass is 79.9. The zero-order chi connectivity index (χ0) is 13.7. The van der Waals surface area contributed by atoms with Crippen molar-refractivity contribution in [2.45, 2.75) is 13.3 Å². The molecule has 0 bridgehead atoms. The molecule has 0 saturated carbocycles. The Labute approximate surface area is 126 Å². The highest BCUT2D eigenvalue weighted by Crippen LogP contribution is 2.28. The number of nitrogens with one attached hydrogen (secondary N) is 2. The minimum atomic E-state index is 0.656. The summed E-state index contributed by atoms with van der Waals surface area (Å²) in [6.45, 7) is 3.03. The van der Waals surface area contributed by atoms with Crippen molar-refractivity contribution in [3.8, 4) is 0 Å². The third-order valence-corrected chi connectivity index (χ3v) is 3.31. The Balaban J connectivity index is 2.14. The average molecular weight is 341 g/mol. The number of hydrogen-bond acceptors (Lipinski definition) is 3. The lowest BCUT2D eigenvalue weighted by Crippen LogP contribution is -2.03. The highest BCUT2D eigenvalue weighted by molar-refractivity contribution is 9.10. The summed E-state index contributed by atoms with van der Waals surface area (Å²) in [5.41, 5.74) is 0.838. The van der Waals surface area contributed by atoms with Crippen LogP contribution in [-0.4, -0.2) is 11.5 Å². The summed E-state index contributed by atoms with van der Waals surface area (Å²) in [5, 5.41) is 7.12. The number of hydrogen-bond donors (Lipinski definition) is 2. The Hall–Kier alpha value is -1.26. The van der Waals surface area contributed by atoms with E-state index in [-0.39, 0.29) is 0 Å². The smallest absolute Gasteiger partial charge is 0.132 e. The van der Waals surface area contributed by atoms with Crippen LogP contribution in [0.15, 0.2) is 40.9 Å². The monoisotopic (exact) mass is 339 g/mol. The molecule has 3 nitrogen and oxygen atoms in total. The Morgan fingerprint density at radius 2 is 2.00 bits per heavy atom. The van der Waals surface area contributed by atoms with Gasteiger partial charge in [0.25, 0.3) is 0 Å². The maximum atomic E-state index is 6.17. The molecule has 0 aliphatic rings. The number of nitrogens with zero attached hydrogens (tertiary/aromatic N) is 1. The number of anilines is 3. The predicted octanol–water partition coefficient (Wildman–Crippen LogP) is 5.06. The van der Waals surface area contributed by atoms with E-state index in [0.29, 0.717) is 5.02 Å². The normalized spacial score (nSPS) is 10.3. The molecule has 19 heavy (non-hydrogen) atoms. The van der Waals surface area contributed by atoms with Crippen LogP contribution < -0.4 is 10.6 Å². The molecular weight excluding hydrogens is 326 g/mol. The van der Waals surface area contributed by atoms with Gasteiger partial charge in [-0.25, -0.2) is 4.98 Å². The van der Waals surface area contributed by atoms with Gasteiger partial charge in [-0.2, -0.15) is 0 Å². The van der Waals surface area contributed by atoms with Crippen LogP contribution in [-0.2, 0) is 0 Å². The van der Waals surface area contributed by atoms with Gasteiger partial charge in [0.1, 0.15) is 11.6 Å². The van der Waals surface area contributed by atoms with E-state index in [0.717, 1.165) is 34.8 Å². The van der Waals surface area contributed by atoms with E-state index in [2.05, 4.69) is 38.5 Å². The Bertz CT molecular complexity index is 560. The first kappa shape index (κ1) is 14.2. The van der Waals surface area contributed by atoms with Gasteiger partial charge in [0, 0.05) is 11.0 Å². The molecule has 0 amide bonds. The minimum absolute atomic E-state index is 0.656. The lowest BCUT2D eigenvalue weighted by Gasteiger charge is -2.10. The third kappa shape index (κ3) is 4.11. The number of benzene rings is 1. The van der Waals surface area contributed by atoms with Crippen LogP contribution in [0.3, 0.4) is 0 Å². The molecule has 0 spiro atoms. The lowest BCUT2D eigenvalue weighted by molar-refractivity contribution is 0.970. The van der Waals surface area contributed by atoms with Crippen molar-refractivity contribution >= 4 is 44.9 Å². The quantitative estimate of drug-likeness (QED) is 0.798. The lowest BCUT2D eigenvalue weighted by atomic mass is 10.3. The summed E-state index contributed by atoms with van der Waals surface area (Å²) in [7, 11) is 0. The second-order valence-electron chi connectivity index (χ2n) is 4.08. The van der Waals surface area contributed by atoms with Crippen LogP contribution in [0.2, 0.25) is 5.02 Å². The Morgan fingerprint density at radius 1 is 1.21 bits per heavy atom. The molecule has 0 aliphatic carbocycles. The van der Waals surface area contributed by atoms with Crippen molar-refractivity contribution in [2.24, 2.45) is 0 Å². The molecule has 1 aromatic heterocycles. The molecule has 2 N–H and O–H groups in total. The number of aromatic nitrogens is 1. The summed E-state index contributed by atoms with van der Waals surface area (Å²) in [6, 6.07) is 11.5. The average Bonchev–Trinajstić information content (AvgIpc) is 2.40. The van der Waals surface area contributed by atoms with Crippen LogP contribution in [0, 0.1) is 0 Å². The summed E-state index contributed by atoms with van der Waals surface area (Å²) >= 11 is 9.55. The number of halogens is 2. The van der Waals surface area contributed by atoms with Crippen molar-refractivity contribution in [2.75, 3.05) is 17.2 Å². The van der Waals surface area contributed by atoms with Gasteiger partial charge < -0.3 is 10.6 Å². The fraction of sp³-hybridized carbons (Fsp3) is 0.214. The van der Waals surface area contributed by atoms with E-state index >= 15 is 0 Å². The molecule has 2 aromatic rings. The second-order valence-corrected chi connectivity index (χ2v) is 5.41. The number of rotatable bonds is 5. The standard InChI is InChI=1S/C14H15BrClN3/c1-2-8-17-13-4-3-5-14(19-13)18-12-7-6-10(15)9-11(12)16/h3-7,9H,2,8H2,1H3,(H2,17,18,19). The molecule has 0 atom stereocenters. The van der Waals surface area contributed by atoms with Crippen LogP contribution >= 0.6 is 27.5 Å². The van der Waals surface area contributed by atoms with Gasteiger partial charge >= 0.3 is 0 Å². The molecule has 100 valence electrons. The molecule has 0 saturated heterocycles. The molecule has 1 heterocycles. The fourth-order valence-corrected chi connectivity index (χ4v) is 2.31. The zero-order valence-electron chi connectivity index (χ0n) is 10.6. The molecule has 0 radical (unpaired) electrons. The first-order chi connectivity index (χ1) is 9.19. The van der Waals surface area contributed by atoms with Crippen molar-refractivity contribution in [3.63, 3.8) is 0 Å². The molecule has 0 fully saturated rings. The maximum Gasteiger partial charge on any atom is 0.132 e. The molecule has 0 unspecified atom stereocenters. The van der Waals surface area contributed by atoms with E-state index in [4.69, 9.17) is 11.6 Å². The first-order valence-electron chi connectivity index (χ1n) is 6.12. The zero-order valence-corrected chi connectivity index (χ0v) is 12.9. The minimum Gasteiger partial charge on any atom is -0.370 e. The van der Waals surface area contributed by atoms with Gasteiger partial charge in [-0.3, -0.25) is 0 Å². The Kier molecular flexibility index (Phi) is 5.05. The van der Waals surface area contributed by atoms with Gasteiger partial charge in [0.15, 0.2) is 0 Å². The van der Waals surface area contributed by atoms with Crippen molar-refractivity contribution in [1.82, 2.24) is 4.98 Å². The fourth-order valence-electron chi connectivity index (χ4n) is 1.58. The van der Waals surface area contributed by atoms with Crippen LogP contribution in [0.4, 0.5) is 17.3 Å². The predicted molar refractivity (Wildman–Crippen MR) is 85.5 cm³/mol. The maximum absolute atomic E-state index is 6.17. The number of pyridine rings is 1. The van der Waals surface area contributed by atoms with Crippen molar-refractivity contribution in [3.05, 3.63) is 45.9 Å². The van der Waals surface area contributed by atoms with Crippen molar-refractivity contribution in [1.29, 1.82) is 0 Å². The van der Waals surface area contributed by atoms with Gasteiger partial charge in [-0.1, -0.05) is 40.5 Å². The molecular formula is C14H15BrClN3. The van der Waals surface area contributed by atoms with Crippen LogP contribution in [0.5, 0.6) is 0 Å². The topological polar surface area (TPSA) is 37.0 Å². The van der Waals surface area contributed by atoms with Crippen molar-refractivity contribution < 1.29 is 0 Å². The summed E-state index contributed by atoms with van der Waals surface area (Å²) in [6.07, 6.45) is 1.07. The van der Waals surface area contributed by atoms with E-state index in [1.54, 1.807) is 0 Å². The van der Waals surface area contributed by atoms with Crippen LogP contribution in [0.1, 0.15) is 13.3 Å². The van der Waals surface area contributed by atoms with Crippen LogP contribution in [0.25, 0.3) is 0 Å². The van der Waals surface area contributed by atoms with Gasteiger partial charge in [0.2, 0.25) is 0 Å². The summed E-state index contributed by atoms with van der Waals surface area (Å²) in [5.74, 6) is 1.63. The van der Waals surface area contributed by atoms with Gasteiger partial charge in [-0.15, -0.1) is 0 Å². The van der Waals surface area contributed by atoms with E-state index in [1.807, 2.05) is 36.4 Å². The molecule has 2 rings (SSSR count). The first-order valence-corrected chi connectivity index (χ1v) is 7.29. The SMILES string of the molecule is CCCNc1cccc(Nc2ccc(Br)cc2Cl)n1. The summed E-state index contributed by atoms with van der Waals surface area (Å²) < 4.78 is 0.953. The molecule has 5 heteroatoms. The molecule has 1 aromatic carbocycles. The second kappa shape index (κ2) is 6.78. The largest absolute Gasteiger partial charge is 0.370 e. The van der Waals surface area contributed by atoms with Gasteiger partial charge in [0.05, 0.1) is 10.7 Å². The van der Waals surface area contributed by atoms with E-state index < -0.39 is 0 Å². The summed E-state index contributed by atoms with van der Waals surface area (Å²) in [4.78, 5) is 4.48. The molecule has 0 aliphatic heterocycles. The Morgan fingerprint density at radius 3 is 2.74 bits per heavy atom. The van der Waals surface area contributed by atoms with Gasteiger partial charge in [-0.05, 0) is 36.8 Å². The highest BCUT2D eigenvalue weighted by Gasteiger charge is 2.03. The third-order valence-electron chi connectivity index (χ3n) is 2.50.